The summed E-state index contributed by atoms with van der Waals surface area (Å²) in [5.74, 6) is 0.148. The number of fused-ring (bicyclic) bond motifs is 12. The minimum Gasteiger partial charge on any atom is -0.289 e. The van der Waals surface area contributed by atoms with Crippen LogP contribution in [0.4, 0.5) is 5.69 Å². The smallest absolute Gasteiger partial charge is 0.198 e. The number of benzene rings is 8. The van der Waals surface area contributed by atoms with Gasteiger partial charge in [-0.3, -0.25) is 9.88 Å². The predicted octanol–water partition coefficient (Wildman–Crippen LogP) is 12.8. The summed E-state index contributed by atoms with van der Waals surface area (Å²) in [5.41, 5.74) is 21.5. The highest BCUT2D eigenvalue weighted by Gasteiger charge is 2.39. The molecule has 0 saturated carbocycles. The molecule has 2 unspecified atom stereocenters. The molecule has 1 aromatic heterocycles. The number of nitrogens with two attached hydrogens (primary N) is 1. The van der Waals surface area contributed by atoms with Crippen LogP contribution < -0.4 is 5.32 Å². The van der Waals surface area contributed by atoms with Gasteiger partial charge in [-0.1, -0.05) is 147 Å². The van der Waals surface area contributed by atoms with Gasteiger partial charge >= 0.3 is 0 Å². The molecule has 56 heavy (non-hydrogen) atoms. The van der Waals surface area contributed by atoms with Crippen LogP contribution in [0.5, 0.6) is 0 Å². The number of hydrogen-bond donors (Lipinski definition) is 1. The summed E-state index contributed by atoms with van der Waals surface area (Å²) in [6.45, 7) is 7.13. The first-order chi connectivity index (χ1) is 27.5. The number of aromatic nitrogens is 1. The van der Waals surface area contributed by atoms with Gasteiger partial charge in [-0.05, 0) is 115 Å². The van der Waals surface area contributed by atoms with Gasteiger partial charge in [0.2, 0.25) is 0 Å². The largest absolute Gasteiger partial charge is 0.289 e. The van der Waals surface area contributed by atoms with E-state index in [2.05, 4.69) is 201 Å². The molecule has 2 aliphatic carbocycles. The molecule has 1 aliphatic heterocycles. The Bertz CT molecular complexity index is 3160. The standard InChI is InChI=1S/C54H40N2/c1-32-36-18-10-13-23-47(36)55-53(50(32)35-26-27-39-38-20-9-12-22-45(38)54(2,3)46(39)29-35)56-48-24-14-11-21-40(48)42-30-43-44(31-49(42)56)51(34-16-5-4-6-17-34)41-28-25-33-15-7-8-19-37(33)52(41)43/h4-31,51,53,55H,1-3H3/p+1. The molecule has 2 heterocycles. The van der Waals surface area contributed by atoms with Crippen LogP contribution in [-0.2, 0) is 5.41 Å². The molecule has 2 heteroatoms. The first-order valence-electron chi connectivity index (χ1n) is 20.0. The SMILES string of the molecule is CC1=C(c2ccc3c(c2)C(C)(C)c2ccccc2-3)C(n2c3ccccc3c3cc4c(cc32)C(c2ccccc2)c2ccc3ccccc3c2-4)[NH2+]c2ccccc21. The second kappa shape index (κ2) is 11.5. The van der Waals surface area contributed by atoms with E-state index in [9.17, 15) is 0 Å². The lowest BCUT2D eigenvalue weighted by Gasteiger charge is -2.30. The van der Waals surface area contributed by atoms with Gasteiger partial charge in [0.1, 0.15) is 5.69 Å². The van der Waals surface area contributed by atoms with Crippen LogP contribution >= 0.6 is 0 Å². The van der Waals surface area contributed by atoms with Crippen LogP contribution in [0.1, 0.15) is 71.8 Å². The molecule has 3 aliphatic rings. The van der Waals surface area contributed by atoms with Crippen LogP contribution in [-0.4, -0.2) is 4.57 Å². The highest BCUT2D eigenvalue weighted by molar-refractivity contribution is 6.13. The summed E-state index contributed by atoms with van der Waals surface area (Å²) in [4.78, 5) is 0. The van der Waals surface area contributed by atoms with Gasteiger partial charge in [0.15, 0.2) is 6.17 Å². The van der Waals surface area contributed by atoms with Crippen molar-refractivity contribution in [3.8, 4) is 22.3 Å². The highest BCUT2D eigenvalue weighted by atomic mass is 15.2. The zero-order valence-corrected chi connectivity index (χ0v) is 31.8. The van der Waals surface area contributed by atoms with Gasteiger partial charge < -0.3 is 0 Å². The molecule has 2 nitrogen and oxygen atoms in total. The molecule has 0 radical (unpaired) electrons. The van der Waals surface area contributed by atoms with Crippen molar-refractivity contribution in [2.75, 3.05) is 0 Å². The molecular weight excluding hydrogens is 677 g/mol. The van der Waals surface area contributed by atoms with Crippen molar-refractivity contribution in [2.24, 2.45) is 0 Å². The summed E-state index contributed by atoms with van der Waals surface area (Å²) in [6, 6.07) is 64.1. The van der Waals surface area contributed by atoms with Crippen LogP contribution in [0, 0.1) is 0 Å². The second-order valence-corrected chi connectivity index (χ2v) is 16.6. The van der Waals surface area contributed by atoms with E-state index in [4.69, 9.17) is 0 Å². The Labute approximate surface area is 327 Å². The maximum Gasteiger partial charge on any atom is 0.198 e. The predicted molar refractivity (Wildman–Crippen MR) is 233 cm³/mol. The molecule has 12 rings (SSSR count). The topological polar surface area (TPSA) is 21.5 Å². The summed E-state index contributed by atoms with van der Waals surface area (Å²) in [5, 5.41) is 7.75. The van der Waals surface area contributed by atoms with Crippen molar-refractivity contribution in [1.29, 1.82) is 0 Å². The number of hydrogen-bond acceptors (Lipinski definition) is 0. The molecule has 9 aromatic rings. The molecule has 2 atom stereocenters. The van der Waals surface area contributed by atoms with Gasteiger partial charge in [0.05, 0.1) is 11.0 Å². The number of quaternary nitrogens is 1. The average molecular weight is 718 g/mol. The molecule has 2 N–H and O–H groups in total. The first-order valence-corrected chi connectivity index (χ1v) is 20.0. The van der Waals surface area contributed by atoms with E-state index in [1.165, 1.54) is 111 Å². The molecular formula is C54H41N2+. The second-order valence-electron chi connectivity index (χ2n) is 16.6. The van der Waals surface area contributed by atoms with E-state index in [-0.39, 0.29) is 17.5 Å². The van der Waals surface area contributed by atoms with Crippen molar-refractivity contribution in [2.45, 2.75) is 38.3 Å². The Hall–Kier alpha value is -6.48. The number of nitrogens with zero attached hydrogens (tertiary/aromatic N) is 1. The number of para-hydroxylation sites is 2. The molecule has 0 spiro atoms. The normalized spacial score (nSPS) is 17.6. The fourth-order valence-electron chi connectivity index (χ4n) is 10.9. The summed E-state index contributed by atoms with van der Waals surface area (Å²) in [7, 11) is 0. The van der Waals surface area contributed by atoms with E-state index in [0.717, 1.165) is 0 Å². The molecule has 0 bridgehead atoms. The van der Waals surface area contributed by atoms with Crippen LogP contribution in [0.15, 0.2) is 170 Å². The third kappa shape index (κ3) is 4.25. The van der Waals surface area contributed by atoms with E-state index < -0.39 is 0 Å². The minimum absolute atomic E-state index is 0.0184. The fourth-order valence-corrected chi connectivity index (χ4v) is 10.9. The Kier molecular flexibility index (Phi) is 6.55. The van der Waals surface area contributed by atoms with Crippen molar-refractivity contribution >= 4 is 49.4 Å². The molecule has 0 fully saturated rings. The third-order valence-electron chi connectivity index (χ3n) is 13.4. The highest BCUT2D eigenvalue weighted by Crippen LogP contribution is 2.54. The molecule has 8 aromatic carbocycles. The Morgan fingerprint density at radius 2 is 1.23 bits per heavy atom. The third-order valence-corrected chi connectivity index (χ3v) is 13.4. The molecule has 266 valence electrons. The lowest BCUT2D eigenvalue weighted by atomic mass is 9.80. The summed E-state index contributed by atoms with van der Waals surface area (Å²) in [6.07, 6.45) is -0.0184. The number of rotatable bonds is 3. The van der Waals surface area contributed by atoms with Gasteiger partial charge in [-0.15, -0.1) is 0 Å². The van der Waals surface area contributed by atoms with E-state index in [1.54, 1.807) is 0 Å². The first kappa shape index (κ1) is 31.8. The minimum atomic E-state index is -0.0821. The van der Waals surface area contributed by atoms with Crippen LogP contribution in [0.2, 0.25) is 0 Å². The quantitative estimate of drug-likeness (QED) is 0.176. The van der Waals surface area contributed by atoms with Crippen molar-refractivity contribution in [1.82, 2.24) is 4.57 Å². The maximum atomic E-state index is 2.66. The molecule has 0 amide bonds. The van der Waals surface area contributed by atoms with Gasteiger partial charge in [-0.2, -0.15) is 0 Å². The van der Waals surface area contributed by atoms with Gasteiger partial charge in [-0.25, -0.2) is 0 Å². The monoisotopic (exact) mass is 717 g/mol. The van der Waals surface area contributed by atoms with E-state index in [1.807, 2.05) is 0 Å². The number of allylic oxidation sites excluding steroid dienone is 1. The lowest BCUT2D eigenvalue weighted by molar-refractivity contribution is -0.618. The Balaban J connectivity index is 1.14. The van der Waals surface area contributed by atoms with Crippen molar-refractivity contribution in [3.05, 3.63) is 209 Å². The van der Waals surface area contributed by atoms with Crippen molar-refractivity contribution < 1.29 is 5.32 Å². The Morgan fingerprint density at radius 1 is 0.518 bits per heavy atom. The maximum absolute atomic E-state index is 2.66. The van der Waals surface area contributed by atoms with Gasteiger partial charge in [0, 0.05) is 33.2 Å². The molecule has 0 saturated heterocycles. The fraction of sp³-hybridized carbons (Fsp3) is 0.111. The zero-order chi connectivity index (χ0) is 37.3. The van der Waals surface area contributed by atoms with Crippen LogP contribution in [0.3, 0.4) is 0 Å². The average Bonchev–Trinajstić information content (AvgIpc) is 3.82. The van der Waals surface area contributed by atoms with E-state index in [0.29, 0.717) is 0 Å². The van der Waals surface area contributed by atoms with E-state index >= 15 is 0 Å². The summed E-state index contributed by atoms with van der Waals surface area (Å²) >= 11 is 0. The Morgan fingerprint density at radius 3 is 2.11 bits per heavy atom. The van der Waals surface area contributed by atoms with Crippen LogP contribution in [0.25, 0.3) is 66.0 Å². The van der Waals surface area contributed by atoms with Gasteiger partial charge in [0.25, 0.3) is 0 Å². The summed E-state index contributed by atoms with van der Waals surface area (Å²) < 4.78 is 2.66. The zero-order valence-electron chi connectivity index (χ0n) is 31.8. The van der Waals surface area contributed by atoms with Crippen molar-refractivity contribution in [3.63, 3.8) is 0 Å². The lowest BCUT2D eigenvalue weighted by Crippen LogP contribution is -2.82.